The molecule has 1 aliphatic heterocycles. The summed E-state index contributed by atoms with van der Waals surface area (Å²) in [4.78, 5) is 5.01. The molecule has 2 fully saturated rings. The molecule has 1 heterocycles. The lowest BCUT2D eigenvalue weighted by Crippen LogP contribution is -2.48. The van der Waals surface area contributed by atoms with Crippen LogP contribution in [0.2, 0.25) is 0 Å². The minimum Gasteiger partial charge on any atom is -0.496 e. The molecule has 0 amide bonds. The maximum Gasteiger partial charge on any atom is 0.191 e. The van der Waals surface area contributed by atoms with Gasteiger partial charge >= 0.3 is 0 Å². The fourth-order valence-corrected chi connectivity index (χ4v) is 4.86. The van der Waals surface area contributed by atoms with E-state index in [0.717, 1.165) is 70.4 Å². The number of nitrogens with zero attached hydrogens (tertiary/aromatic N) is 1. The summed E-state index contributed by atoms with van der Waals surface area (Å²) in [5.41, 5.74) is 2.81. The summed E-state index contributed by atoms with van der Waals surface area (Å²) < 4.78 is 16.8. The molecule has 182 valence electrons. The van der Waals surface area contributed by atoms with Crippen molar-refractivity contribution < 1.29 is 14.2 Å². The highest BCUT2D eigenvalue weighted by Gasteiger charge is 2.38. The quantitative estimate of drug-likeness (QED) is 0.252. The highest BCUT2D eigenvalue weighted by molar-refractivity contribution is 14.0. The van der Waals surface area contributed by atoms with Gasteiger partial charge in [-0.25, -0.2) is 0 Å². The largest absolute Gasteiger partial charge is 0.496 e. The summed E-state index contributed by atoms with van der Waals surface area (Å²) in [6.45, 7) is 9.14. The Balaban J connectivity index is 0.00000363. The molecule has 1 aromatic carbocycles. The molecule has 3 rings (SSSR count). The van der Waals surface area contributed by atoms with E-state index in [1.807, 2.05) is 0 Å². The van der Waals surface area contributed by atoms with E-state index in [9.17, 15) is 0 Å². The molecule has 32 heavy (non-hydrogen) atoms. The van der Waals surface area contributed by atoms with Gasteiger partial charge < -0.3 is 24.8 Å². The van der Waals surface area contributed by atoms with Crippen LogP contribution >= 0.6 is 24.0 Å². The van der Waals surface area contributed by atoms with Gasteiger partial charge in [0.15, 0.2) is 5.96 Å². The molecule has 1 aliphatic carbocycles. The summed E-state index contributed by atoms with van der Waals surface area (Å²) in [6, 6.07) is 6.49. The van der Waals surface area contributed by atoms with E-state index < -0.39 is 0 Å². The molecule has 2 N–H and O–H groups in total. The number of hydrogen-bond donors (Lipinski definition) is 2. The first kappa shape index (κ1) is 27.2. The monoisotopic (exact) mass is 559 g/mol. The Hall–Kier alpha value is -1.06. The number of guanidine groups is 1. The molecule has 1 aromatic rings. The molecule has 0 aromatic heterocycles. The smallest absolute Gasteiger partial charge is 0.191 e. The Kier molecular flexibility index (Phi) is 11.0. The van der Waals surface area contributed by atoms with Gasteiger partial charge in [-0.15, -0.1) is 24.0 Å². The number of ether oxygens (including phenoxy) is 3. The summed E-state index contributed by atoms with van der Waals surface area (Å²) in [5, 5.41) is 7.13. The van der Waals surface area contributed by atoms with Crippen LogP contribution in [0.25, 0.3) is 0 Å². The summed E-state index contributed by atoms with van der Waals surface area (Å²) in [5.74, 6) is 1.87. The van der Waals surface area contributed by atoms with Gasteiger partial charge in [0, 0.05) is 57.5 Å². The third kappa shape index (κ3) is 6.73. The zero-order valence-electron chi connectivity index (χ0n) is 20.3. The standard InChI is InChI=1S/C25H41N3O3.HI/c1-5-26-23(27-18-24(9-6-10-24)11-14-29-3)28-19-25(12-15-31-16-13-25)21-17-20(2)7-8-22(21)30-4;/h7-8,17H,5-6,9-16,18-19H2,1-4H3,(H2,26,27,28);1H. The van der Waals surface area contributed by atoms with E-state index in [-0.39, 0.29) is 29.4 Å². The molecule has 0 bridgehead atoms. The van der Waals surface area contributed by atoms with Gasteiger partial charge in [-0.3, -0.25) is 4.99 Å². The van der Waals surface area contributed by atoms with Crippen molar-refractivity contribution in [1.82, 2.24) is 10.6 Å². The topological polar surface area (TPSA) is 64.1 Å². The summed E-state index contributed by atoms with van der Waals surface area (Å²) >= 11 is 0. The Bertz CT molecular complexity index is 731. The number of halogens is 1. The summed E-state index contributed by atoms with van der Waals surface area (Å²) in [6.07, 6.45) is 6.84. The number of benzene rings is 1. The second-order valence-corrected chi connectivity index (χ2v) is 9.24. The normalized spacial score (nSPS) is 19.4. The van der Waals surface area contributed by atoms with Crippen LogP contribution in [-0.2, 0) is 14.9 Å². The van der Waals surface area contributed by atoms with Gasteiger partial charge in [-0.05, 0) is 57.4 Å². The van der Waals surface area contributed by atoms with Crippen molar-refractivity contribution in [2.24, 2.45) is 10.4 Å². The van der Waals surface area contributed by atoms with Crippen LogP contribution in [0.5, 0.6) is 5.75 Å². The molecule has 2 aliphatic rings. The van der Waals surface area contributed by atoms with Crippen LogP contribution in [0.3, 0.4) is 0 Å². The number of aliphatic imine (C=N–C) groups is 1. The van der Waals surface area contributed by atoms with E-state index in [0.29, 0.717) is 5.41 Å². The molecule has 6 nitrogen and oxygen atoms in total. The molecular weight excluding hydrogens is 517 g/mol. The third-order valence-electron chi connectivity index (χ3n) is 7.14. The first-order valence-electron chi connectivity index (χ1n) is 11.8. The second-order valence-electron chi connectivity index (χ2n) is 9.24. The molecule has 0 atom stereocenters. The predicted octanol–water partition coefficient (Wildman–Crippen LogP) is 4.43. The predicted molar refractivity (Wildman–Crippen MR) is 142 cm³/mol. The maximum atomic E-state index is 5.76. The van der Waals surface area contributed by atoms with Crippen LogP contribution in [0.4, 0.5) is 0 Å². The molecule has 0 unspecified atom stereocenters. The molecule has 0 radical (unpaired) electrons. The Labute approximate surface area is 211 Å². The highest BCUT2D eigenvalue weighted by atomic mass is 127. The van der Waals surface area contributed by atoms with Gasteiger partial charge in [0.2, 0.25) is 0 Å². The summed E-state index contributed by atoms with van der Waals surface area (Å²) in [7, 11) is 3.55. The van der Waals surface area contributed by atoms with Gasteiger partial charge in [0.05, 0.1) is 7.11 Å². The first-order valence-corrected chi connectivity index (χ1v) is 11.8. The second kappa shape index (κ2) is 13.0. The zero-order chi connectivity index (χ0) is 22.2. The molecule has 1 saturated carbocycles. The van der Waals surface area contributed by atoms with Gasteiger partial charge in [0.1, 0.15) is 5.75 Å². The van der Waals surface area contributed by atoms with Crippen LogP contribution in [0.15, 0.2) is 23.2 Å². The zero-order valence-corrected chi connectivity index (χ0v) is 22.6. The van der Waals surface area contributed by atoms with Crippen molar-refractivity contribution in [1.29, 1.82) is 0 Å². The minimum atomic E-state index is -0.0317. The van der Waals surface area contributed by atoms with Crippen LogP contribution < -0.4 is 15.4 Å². The van der Waals surface area contributed by atoms with Crippen LogP contribution in [-0.4, -0.2) is 59.6 Å². The SMILES string of the molecule is CCNC(=NCC1(CCOC)CCC1)NCC1(c2cc(C)ccc2OC)CCOCC1.I. The average molecular weight is 560 g/mol. The van der Waals surface area contributed by atoms with Crippen molar-refractivity contribution >= 4 is 29.9 Å². The Morgan fingerprint density at radius 1 is 1.12 bits per heavy atom. The first-order chi connectivity index (χ1) is 15.1. The van der Waals surface area contributed by atoms with E-state index in [1.165, 1.54) is 30.4 Å². The van der Waals surface area contributed by atoms with E-state index >= 15 is 0 Å². The average Bonchev–Trinajstić information content (AvgIpc) is 2.77. The van der Waals surface area contributed by atoms with Crippen molar-refractivity contribution in [3.8, 4) is 5.75 Å². The van der Waals surface area contributed by atoms with Gasteiger partial charge in [-0.1, -0.05) is 24.1 Å². The fraction of sp³-hybridized carbons (Fsp3) is 0.720. The number of rotatable bonds is 10. The lowest BCUT2D eigenvalue weighted by Gasteiger charge is -2.41. The molecule has 7 heteroatoms. The van der Waals surface area contributed by atoms with E-state index in [1.54, 1.807) is 14.2 Å². The third-order valence-corrected chi connectivity index (χ3v) is 7.14. The lowest BCUT2D eigenvalue weighted by molar-refractivity contribution is 0.0505. The van der Waals surface area contributed by atoms with Crippen molar-refractivity contribution in [2.75, 3.05) is 53.7 Å². The Morgan fingerprint density at radius 2 is 1.88 bits per heavy atom. The van der Waals surface area contributed by atoms with E-state index in [2.05, 4.69) is 42.7 Å². The minimum absolute atomic E-state index is 0. The number of nitrogens with one attached hydrogen (secondary N) is 2. The van der Waals surface area contributed by atoms with Crippen molar-refractivity contribution in [2.45, 2.75) is 57.8 Å². The van der Waals surface area contributed by atoms with Crippen molar-refractivity contribution in [3.63, 3.8) is 0 Å². The van der Waals surface area contributed by atoms with E-state index in [4.69, 9.17) is 19.2 Å². The number of aryl methyl sites for hydroxylation is 1. The number of hydrogen-bond acceptors (Lipinski definition) is 4. The Morgan fingerprint density at radius 3 is 2.47 bits per heavy atom. The molecular formula is C25H42IN3O3. The molecule has 0 spiro atoms. The maximum absolute atomic E-state index is 5.76. The fourth-order valence-electron chi connectivity index (χ4n) is 4.86. The van der Waals surface area contributed by atoms with Gasteiger partial charge in [0.25, 0.3) is 0 Å². The molecule has 1 saturated heterocycles. The lowest BCUT2D eigenvalue weighted by atomic mass is 9.67. The van der Waals surface area contributed by atoms with Crippen LogP contribution in [0, 0.1) is 12.3 Å². The van der Waals surface area contributed by atoms with Gasteiger partial charge in [-0.2, -0.15) is 0 Å². The highest BCUT2D eigenvalue weighted by Crippen LogP contribution is 2.44. The number of methoxy groups -OCH3 is 2. The van der Waals surface area contributed by atoms with Crippen LogP contribution in [0.1, 0.15) is 56.6 Å². The van der Waals surface area contributed by atoms with Crippen molar-refractivity contribution in [3.05, 3.63) is 29.3 Å².